The van der Waals surface area contributed by atoms with Crippen LogP contribution in [-0.2, 0) is 0 Å². The Morgan fingerprint density at radius 1 is 1.38 bits per heavy atom. The van der Waals surface area contributed by atoms with Crippen molar-refractivity contribution in [1.82, 2.24) is 5.16 Å². The van der Waals surface area contributed by atoms with E-state index >= 15 is 0 Å². The normalized spacial score (nSPS) is 10.5. The first kappa shape index (κ1) is 8.12. The Morgan fingerprint density at radius 2 is 2.15 bits per heavy atom. The highest BCUT2D eigenvalue weighted by molar-refractivity contribution is 7.15. The van der Waals surface area contributed by atoms with Crippen LogP contribution in [0.5, 0.6) is 0 Å². The molecule has 0 aliphatic rings. The predicted octanol–water partition coefficient (Wildman–Crippen LogP) is 1.88. The first-order valence-corrected chi connectivity index (χ1v) is 4.57. The van der Waals surface area contributed by atoms with Gasteiger partial charge in [-0.25, -0.2) is 0 Å². The fourth-order valence-electron chi connectivity index (χ4n) is 1.05. The lowest BCUT2D eigenvalue weighted by molar-refractivity contribution is 0.439. The summed E-state index contributed by atoms with van der Waals surface area (Å²) in [5.74, 6) is 0.182. The van der Waals surface area contributed by atoms with Crippen LogP contribution in [0.25, 0.3) is 10.6 Å². The van der Waals surface area contributed by atoms with E-state index in [2.05, 4.69) is 5.16 Å². The molecule has 2 aromatic rings. The highest BCUT2D eigenvalue weighted by atomic mass is 32.1. The van der Waals surface area contributed by atoms with Crippen LogP contribution in [0.4, 0.5) is 11.6 Å². The van der Waals surface area contributed by atoms with Gasteiger partial charge in [0.1, 0.15) is 11.4 Å². The summed E-state index contributed by atoms with van der Waals surface area (Å²) in [6, 6.07) is 3.96. The molecular formula is C8H9N3OS. The molecule has 0 aromatic carbocycles. The van der Waals surface area contributed by atoms with Gasteiger partial charge in [-0.2, -0.15) is 0 Å². The van der Waals surface area contributed by atoms with Gasteiger partial charge in [0.05, 0.1) is 4.88 Å². The van der Waals surface area contributed by atoms with Gasteiger partial charge in [0, 0.05) is 4.88 Å². The predicted molar refractivity (Wildman–Crippen MR) is 53.4 cm³/mol. The van der Waals surface area contributed by atoms with Crippen molar-refractivity contribution in [1.29, 1.82) is 0 Å². The molecule has 2 heterocycles. The molecule has 0 spiro atoms. The zero-order valence-electron chi connectivity index (χ0n) is 7.07. The van der Waals surface area contributed by atoms with Crippen LogP contribution in [0.3, 0.4) is 0 Å². The van der Waals surface area contributed by atoms with E-state index in [1.165, 1.54) is 4.88 Å². The van der Waals surface area contributed by atoms with Crippen molar-refractivity contribution in [3.63, 3.8) is 0 Å². The number of anilines is 2. The maximum atomic E-state index is 5.67. The lowest BCUT2D eigenvalue weighted by Crippen LogP contribution is -1.90. The number of aromatic nitrogens is 1. The highest BCUT2D eigenvalue weighted by Crippen LogP contribution is 2.33. The van der Waals surface area contributed by atoms with E-state index in [-0.39, 0.29) is 5.88 Å². The van der Waals surface area contributed by atoms with Crippen molar-refractivity contribution in [2.24, 2.45) is 0 Å². The second-order valence-electron chi connectivity index (χ2n) is 2.72. The van der Waals surface area contributed by atoms with Crippen LogP contribution in [0, 0.1) is 6.92 Å². The molecule has 0 bridgehead atoms. The number of nitrogen functional groups attached to an aromatic ring is 2. The lowest BCUT2D eigenvalue weighted by atomic mass is 10.3. The first-order chi connectivity index (χ1) is 6.18. The molecule has 0 saturated heterocycles. The Bertz CT molecular complexity index is 432. The molecule has 5 heteroatoms. The van der Waals surface area contributed by atoms with Gasteiger partial charge in [-0.15, -0.1) is 11.3 Å². The first-order valence-electron chi connectivity index (χ1n) is 3.76. The maximum absolute atomic E-state index is 5.67. The Balaban J connectivity index is 2.52. The van der Waals surface area contributed by atoms with Crippen LogP contribution in [-0.4, -0.2) is 5.16 Å². The molecule has 0 fully saturated rings. The molecular weight excluding hydrogens is 186 g/mol. The fourth-order valence-corrected chi connectivity index (χ4v) is 1.91. The van der Waals surface area contributed by atoms with E-state index in [4.69, 9.17) is 16.0 Å². The molecule has 0 radical (unpaired) electrons. The minimum Gasteiger partial charge on any atom is -0.392 e. The molecule has 13 heavy (non-hydrogen) atoms. The van der Waals surface area contributed by atoms with E-state index < -0.39 is 0 Å². The number of aryl methyl sites for hydroxylation is 1. The highest BCUT2D eigenvalue weighted by Gasteiger charge is 2.13. The van der Waals surface area contributed by atoms with Crippen LogP contribution in [0.15, 0.2) is 16.7 Å². The Hall–Kier alpha value is -1.49. The SMILES string of the molecule is Cc1ccc(-c2noc(N)c2N)s1. The second-order valence-corrected chi connectivity index (χ2v) is 4.01. The molecule has 4 N–H and O–H groups in total. The summed E-state index contributed by atoms with van der Waals surface area (Å²) in [6.45, 7) is 2.02. The van der Waals surface area contributed by atoms with Crippen LogP contribution >= 0.6 is 11.3 Å². The van der Waals surface area contributed by atoms with Crippen molar-refractivity contribution in [3.05, 3.63) is 17.0 Å². The van der Waals surface area contributed by atoms with Crippen LogP contribution in [0.1, 0.15) is 4.88 Å². The molecule has 0 amide bonds. The molecule has 0 aliphatic heterocycles. The van der Waals surface area contributed by atoms with E-state index in [9.17, 15) is 0 Å². The van der Waals surface area contributed by atoms with E-state index in [0.29, 0.717) is 11.4 Å². The molecule has 0 saturated carbocycles. The van der Waals surface area contributed by atoms with Gasteiger partial charge in [-0.1, -0.05) is 5.16 Å². The standard InChI is InChI=1S/C8H9N3OS/c1-4-2-3-5(13-4)7-6(9)8(10)12-11-7/h2-3H,9-10H2,1H3. The third-order valence-electron chi connectivity index (χ3n) is 1.73. The fraction of sp³-hybridized carbons (Fsp3) is 0.125. The summed E-state index contributed by atoms with van der Waals surface area (Å²) in [5.41, 5.74) is 12.2. The molecule has 0 atom stereocenters. The quantitative estimate of drug-likeness (QED) is 0.728. The number of thiophene rings is 1. The summed E-state index contributed by atoms with van der Waals surface area (Å²) in [6.07, 6.45) is 0. The van der Waals surface area contributed by atoms with Crippen molar-refractivity contribution in [3.8, 4) is 10.6 Å². The number of hydrogen-bond donors (Lipinski definition) is 2. The average molecular weight is 195 g/mol. The minimum atomic E-state index is 0.182. The van der Waals surface area contributed by atoms with Gasteiger partial charge in [0.15, 0.2) is 0 Å². The molecule has 68 valence electrons. The monoisotopic (exact) mass is 195 g/mol. The number of nitrogens with two attached hydrogens (primary N) is 2. The average Bonchev–Trinajstić information content (AvgIpc) is 2.62. The molecule has 0 aliphatic carbocycles. The summed E-state index contributed by atoms with van der Waals surface area (Å²) in [7, 11) is 0. The summed E-state index contributed by atoms with van der Waals surface area (Å²) in [5, 5.41) is 3.78. The van der Waals surface area contributed by atoms with Gasteiger partial charge in [0.25, 0.3) is 0 Å². The zero-order valence-corrected chi connectivity index (χ0v) is 7.89. The number of nitrogens with zero attached hydrogens (tertiary/aromatic N) is 1. The Kier molecular flexibility index (Phi) is 1.73. The third kappa shape index (κ3) is 1.27. The van der Waals surface area contributed by atoms with E-state index in [0.717, 1.165) is 4.88 Å². The minimum absolute atomic E-state index is 0.182. The Labute approximate surface area is 79.1 Å². The summed E-state index contributed by atoms with van der Waals surface area (Å²) >= 11 is 1.61. The van der Waals surface area contributed by atoms with Crippen molar-refractivity contribution in [2.45, 2.75) is 6.92 Å². The lowest BCUT2D eigenvalue weighted by Gasteiger charge is -1.89. The topological polar surface area (TPSA) is 78.1 Å². The number of hydrogen-bond acceptors (Lipinski definition) is 5. The van der Waals surface area contributed by atoms with Crippen LogP contribution in [0.2, 0.25) is 0 Å². The van der Waals surface area contributed by atoms with E-state index in [1.54, 1.807) is 11.3 Å². The maximum Gasteiger partial charge on any atom is 0.246 e. The largest absolute Gasteiger partial charge is 0.392 e. The van der Waals surface area contributed by atoms with E-state index in [1.807, 2.05) is 19.1 Å². The van der Waals surface area contributed by atoms with Crippen LogP contribution < -0.4 is 11.5 Å². The molecule has 2 aromatic heterocycles. The van der Waals surface area contributed by atoms with Crippen molar-refractivity contribution in [2.75, 3.05) is 11.5 Å². The third-order valence-corrected chi connectivity index (χ3v) is 2.74. The number of rotatable bonds is 1. The zero-order chi connectivity index (χ0) is 9.42. The summed E-state index contributed by atoms with van der Waals surface area (Å²) in [4.78, 5) is 2.19. The van der Waals surface area contributed by atoms with Gasteiger partial charge < -0.3 is 16.0 Å². The second kappa shape index (κ2) is 2.77. The van der Waals surface area contributed by atoms with Gasteiger partial charge in [-0.05, 0) is 19.1 Å². The van der Waals surface area contributed by atoms with Gasteiger partial charge in [0.2, 0.25) is 5.88 Å². The van der Waals surface area contributed by atoms with Crippen molar-refractivity contribution >= 4 is 22.9 Å². The molecule has 4 nitrogen and oxygen atoms in total. The molecule has 2 rings (SSSR count). The summed E-state index contributed by atoms with van der Waals surface area (Å²) < 4.78 is 4.77. The smallest absolute Gasteiger partial charge is 0.246 e. The van der Waals surface area contributed by atoms with Crippen molar-refractivity contribution < 1.29 is 4.52 Å². The van der Waals surface area contributed by atoms with Gasteiger partial charge in [-0.3, -0.25) is 0 Å². The molecule has 0 unspecified atom stereocenters. The van der Waals surface area contributed by atoms with Gasteiger partial charge >= 0.3 is 0 Å². The Morgan fingerprint density at radius 3 is 2.62 bits per heavy atom.